The minimum Gasteiger partial charge on any atom is -0.354 e. The van der Waals surface area contributed by atoms with Crippen LogP contribution in [0.4, 0.5) is 0 Å². The Labute approximate surface area is 71.7 Å². The monoisotopic (exact) mass is 170 g/mol. The highest BCUT2D eigenvalue weighted by atomic mass is 16.2. The lowest BCUT2D eigenvalue weighted by atomic mass is 10.1. The van der Waals surface area contributed by atoms with E-state index in [-0.39, 0.29) is 17.9 Å². The number of carbonyl (C=O) groups excluding carboxylic acids is 2. The van der Waals surface area contributed by atoms with E-state index in [9.17, 15) is 9.59 Å². The van der Waals surface area contributed by atoms with Crippen LogP contribution >= 0.6 is 0 Å². The summed E-state index contributed by atoms with van der Waals surface area (Å²) in [6.07, 6.45) is 2.14. The molecule has 0 radical (unpaired) electrons. The lowest BCUT2D eigenvalue weighted by Crippen LogP contribution is -2.50. The van der Waals surface area contributed by atoms with Crippen molar-refractivity contribution in [1.82, 2.24) is 10.6 Å². The van der Waals surface area contributed by atoms with Crippen molar-refractivity contribution >= 4 is 11.8 Å². The van der Waals surface area contributed by atoms with Crippen LogP contribution in [0.25, 0.3) is 0 Å². The third-order valence-electron chi connectivity index (χ3n) is 1.94. The van der Waals surface area contributed by atoms with Gasteiger partial charge in [0.05, 0.1) is 0 Å². The molecule has 2 N–H and O–H groups in total. The molecule has 0 bridgehead atoms. The molecular weight excluding hydrogens is 156 g/mol. The fourth-order valence-corrected chi connectivity index (χ4v) is 1.21. The Balaban J connectivity index is 2.39. The number of rotatable bonds is 2. The molecule has 0 aromatic heterocycles. The molecule has 1 rings (SSSR count). The second kappa shape index (κ2) is 4.09. The van der Waals surface area contributed by atoms with E-state index in [2.05, 4.69) is 10.6 Å². The van der Waals surface area contributed by atoms with E-state index in [1.54, 1.807) is 6.92 Å². The first-order valence-corrected chi connectivity index (χ1v) is 4.31. The van der Waals surface area contributed by atoms with Crippen molar-refractivity contribution in [1.29, 1.82) is 0 Å². The molecule has 0 aromatic rings. The molecule has 1 unspecified atom stereocenters. The molecule has 1 fully saturated rings. The van der Waals surface area contributed by atoms with Crippen LogP contribution in [0.5, 0.6) is 0 Å². The Morgan fingerprint density at radius 2 is 2.50 bits per heavy atom. The van der Waals surface area contributed by atoms with Crippen molar-refractivity contribution in [3.63, 3.8) is 0 Å². The van der Waals surface area contributed by atoms with Gasteiger partial charge in [-0.15, -0.1) is 0 Å². The number of piperidine rings is 1. The smallest absolute Gasteiger partial charge is 0.242 e. The average molecular weight is 170 g/mol. The summed E-state index contributed by atoms with van der Waals surface area (Å²) >= 11 is 0. The molecule has 0 aromatic carbocycles. The van der Waals surface area contributed by atoms with Crippen LogP contribution < -0.4 is 10.6 Å². The van der Waals surface area contributed by atoms with Gasteiger partial charge in [-0.1, -0.05) is 6.92 Å². The predicted octanol–water partition coefficient (Wildman–Crippen LogP) is -0.209. The summed E-state index contributed by atoms with van der Waals surface area (Å²) in [6, 6.07) is -0.300. The van der Waals surface area contributed by atoms with E-state index in [0.29, 0.717) is 6.42 Å². The zero-order chi connectivity index (χ0) is 8.97. The summed E-state index contributed by atoms with van der Waals surface area (Å²) < 4.78 is 0. The summed E-state index contributed by atoms with van der Waals surface area (Å²) in [4.78, 5) is 22.1. The van der Waals surface area contributed by atoms with Gasteiger partial charge in [-0.05, 0) is 12.8 Å². The van der Waals surface area contributed by atoms with Crippen LogP contribution in [0.1, 0.15) is 26.2 Å². The minimum atomic E-state index is -0.300. The van der Waals surface area contributed by atoms with Crippen molar-refractivity contribution in [2.24, 2.45) is 0 Å². The zero-order valence-electron chi connectivity index (χ0n) is 7.22. The zero-order valence-corrected chi connectivity index (χ0v) is 7.22. The molecule has 0 saturated carbocycles. The van der Waals surface area contributed by atoms with Gasteiger partial charge < -0.3 is 10.6 Å². The van der Waals surface area contributed by atoms with Crippen LogP contribution in [-0.4, -0.2) is 24.4 Å². The van der Waals surface area contributed by atoms with E-state index in [1.165, 1.54) is 0 Å². The molecule has 12 heavy (non-hydrogen) atoms. The van der Waals surface area contributed by atoms with Crippen LogP contribution in [0, 0.1) is 0 Å². The SMILES string of the molecule is CCC(=O)NC1CCCNC1=O. The van der Waals surface area contributed by atoms with Gasteiger partial charge in [0.2, 0.25) is 11.8 Å². The number of amides is 2. The normalized spacial score (nSPS) is 23.1. The third-order valence-corrected chi connectivity index (χ3v) is 1.94. The molecule has 68 valence electrons. The maximum atomic E-state index is 11.1. The lowest BCUT2D eigenvalue weighted by Gasteiger charge is -2.22. The summed E-state index contributed by atoms with van der Waals surface area (Å²) in [5.74, 6) is -0.111. The van der Waals surface area contributed by atoms with Gasteiger partial charge in [-0.25, -0.2) is 0 Å². The van der Waals surface area contributed by atoms with Crippen LogP contribution in [0.15, 0.2) is 0 Å². The van der Waals surface area contributed by atoms with Gasteiger partial charge in [0.25, 0.3) is 0 Å². The van der Waals surface area contributed by atoms with Crippen LogP contribution in [0.2, 0.25) is 0 Å². The standard InChI is InChI=1S/C8H14N2O2/c1-2-7(11)10-6-4-3-5-9-8(6)12/h6H,2-5H2,1H3,(H,9,12)(H,10,11). The number of carbonyl (C=O) groups is 2. The topological polar surface area (TPSA) is 58.2 Å². The Morgan fingerprint density at radius 1 is 1.75 bits per heavy atom. The molecule has 0 aliphatic carbocycles. The molecule has 4 heteroatoms. The summed E-state index contributed by atoms with van der Waals surface area (Å²) in [7, 11) is 0. The molecule has 1 heterocycles. The van der Waals surface area contributed by atoms with Crippen LogP contribution in [0.3, 0.4) is 0 Å². The lowest BCUT2D eigenvalue weighted by molar-refractivity contribution is -0.129. The molecule has 1 aliphatic heterocycles. The quantitative estimate of drug-likeness (QED) is 0.602. The number of nitrogens with one attached hydrogen (secondary N) is 2. The number of hydrogen-bond donors (Lipinski definition) is 2. The van der Waals surface area contributed by atoms with Crippen molar-refractivity contribution in [2.45, 2.75) is 32.2 Å². The first-order valence-electron chi connectivity index (χ1n) is 4.31. The van der Waals surface area contributed by atoms with E-state index in [0.717, 1.165) is 19.4 Å². The van der Waals surface area contributed by atoms with E-state index in [4.69, 9.17) is 0 Å². The second-order valence-corrected chi connectivity index (χ2v) is 2.91. The molecule has 1 aliphatic rings. The van der Waals surface area contributed by atoms with Crippen LogP contribution in [-0.2, 0) is 9.59 Å². The first kappa shape index (κ1) is 9.03. The molecule has 1 saturated heterocycles. The Bertz CT molecular complexity index is 191. The van der Waals surface area contributed by atoms with Gasteiger partial charge in [-0.2, -0.15) is 0 Å². The van der Waals surface area contributed by atoms with Crippen molar-refractivity contribution in [3.05, 3.63) is 0 Å². The molecule has 1 atom stereocenters. The molecule has 2 amide bonds. The fourth-order valence-electron chi connectivity index (χ4n) is 1.21. The summed E-state index contributed by atoms with van der Waals surface area (Å²) in [5, 5.41) is 5.38. The highest BCUT2D eigenvalue weighted by Crippen LogP contribution is 2.02. The molecule has 4 nitrogen and oxygen atoms in total. The predicted molar refractivity (Wildman–Crippen MR) is 44.5 cm³/mol. The highest BCUT2D eigenvalue weighted by molar-refractivity contribution is 5.87. The van der Waals surface area contributed by atoms with Gasteiger partial charge in [0, 0.05) is 13.0 Å². The van der Waals surface area contributed by atoms with Gasteiger partial charge >= 0.3 is 0 Å². The Hall–Kier alpha value is -1.06. The molecule has 0 spiro atoms. The maximum absolute atomic E-state index is 11.1. The first-order chi connectivity index (χ1) is 5.74. The van der Waals surface area contributed by atoms with Gasteiger partial charge in [-0.3, -0.25) is 9.59 Å². The van der Waals surface area contributed by atoms with E-state index >= 15 is 0 Å². The molecular formula is C8H14N2O2. The van der Waals surface area contributed by atoms with Gasteiger partial charge in [0.1, 0.15) is 6.04 Å². The van der Waals surface area contributed by atoms with Gasteiger partial charge in [0.15, 0.2) is 0 Å². The number of hydrogen-bond acceptors (Lipinski definition) is 2. The average Bonchev–Trinajstić information content (AvgIpc) is 2.09. The Morgan fingerprint density at radius 3 is 3.08 bits per heavy atom. The van der Waals surface area contributed by atoms with Crippen molar-refractivity contribution in [2.75, 3.05) is 6.54 Å². The largest absolute Gasteiger partial charge is 0.354 e. The third kappa shape index (κ3) is 2.22. The second-order valence-electron chi connectivity index (χ2n) is 2.91. The maximum Gasteiger partial charge on any atom is 0.242 e. The minimum absolute atomic E-state index is 0.0527. The highest BCUT2D eigenvalue weighted by Gasteiger charge is 2.22. The van der Waals surface area contributed by atoms with E-state index in [1.807, 2.05) is 0 Å². The van der Waals surface area contributed by atoms with Crippen molar-refractivity contribution < 1.29 is 9.59 Å². The summed E-state index contributed by atoms with van der Waals surface area (Å²) in [6.45, 7) is 2.51. The van der Waals surface area contributed by atoms with E-state index < -0.39 is 0 Å². The fraction of sp³-hybridized carbons (Fsp3) is 0.750. The summed E-state index contributed by atoms with van der Waals surface area (Å²) in [5.41, 5.74) is 0. The Kier molecular flexibility index (Phi) is 3.08. The van der Waals surface area contributed by atoms with Crippen molar-refractivity contribution in [3.8, 4) is 0 Å².